The predicted molar refractivity (Wildman–Crippen MR) is 113 cm³/mol. The standard InChI is InChI=1S/C23H32N4O2/c1-17(2)21(26-22(28)20-7-4-3-5-8-20)23(29)24-15-18-9-11-19(12-10-18)16-27-14-6-13-25-27/h6,9-14,17,20-21H,3-5,7-8,15-16H2,1-2H3,(H,24,29)(H,26,28)/t21-/m1/s1. The minimum atomic E-state index is -0.497. The molecule has 2 N–H and O–H groups in total. The summed E-state index contributed by atoms with van der Waals surface area (Å²) < 4.78 is 1.87. The number of aromatic nitrogens is 2. The number of amides is 2. The third-order valence-electron chi connectivity index (χ3n) is 5.62. The Kier molecular flexibility index (Phi) is 7.44. The first-order valence-electron chi connectivity index (χ1n) is 10.7. The van der Waals surface area contributed by atoms with Gasteiger partial charge in [-0.2, -0.15) is 5.10 Å². The molecule has 1 heterocycles. The van der Waals surface area contributed by atoms with Gasteiger partial charge in [-0.3, -0.25) is 14.3 Å². The molecule has 1 aliphatic rings. The van der Waals surface area contributed by atoms with Crippen molar-refractivity contribution in [2.24, 2.45) is 11.8 Å². The van der Waals surface area contributed by atoms with E-state index in [4.69, 9.17) is 0 Å². The molecule has 1 aromatic heterocycles. The Bertz CT molecular complexity index is 778. The predicted octanol–water partition coefficient (Wildman–Crippen LogP) is 3.27. The molecule has 1 saturated carbocycles. The van der Waals surface area contributed by atoms with Crippen LogP contribution in [0.25, 0.3) is 0 Å². The zero-order valence-corrected chi connectivity index (χ0v) is 17.4. The molecule has 156 valence electrons. The Balaban J connectivity index is 1.51. The van der Waals surface area contributed by atoms with Crippen LogP contribution in [0.3, 0.4) is 0 Å². The van der Waals surface area contributed by atoms with Crippen molar-refractivity contribution < 1.29 is 9.59 Å². The summed E-state index contributed by atoms with van der Waals surface area (Å²) in [6.45, 7) is 5.11. The van der Waals surface area contributed by atoms with Gasteiger partial charge in [0.05, 0.1) is 6.54 Å². The molecule has 0 bridgehead atoms. The first kappa shape index (κ1) is 21.1. The number of benzene rings is 1. The number of carbonyl (C=O) groups is 2. The highest BCUT2D eigenvalue weighted by Crippen LogP contribution is 2.24. The normalized spacial score (nSPS) is 15.8. The van der Waals surface area contributed by atoms with E-state index in [1.807, 2.05) is 55.1 Å². The van der Waals surface area contributed by atoms with E-state index >= 15 is 0 Å². The summed E-state index contributed by atoms with van der Waals surface area (Å²) in [4.78, 5) is 25.3. The summed E-state index contributed by atoms with van der Waals surface area (Å²) in [5.41, 5.74) is 2.19. The molecule has 0 unspecified atom stereocenters. The monoisotopic (exact) mass is 396 g/mol. The molecule has 6 nitrogen and oxygen atoms in total. The van der Waals surface area contributed by atoms with Crippen LogP contribution in [0, 0.1) is 11.8 Å². The van der Waals surface area contributed by atoms with Gasteiger partial charge in [0.2, 0.25) is 11.8 Å². The number of rotatable bonds is 8. The van der Waals surface area contributed by atoms with Crippen molar-refractivity contribution in [2.45, 2.75) is 65.1 Å². The van der Waals surface area contributed by atoms with Crippen molar-refractivity contribution in [2.75, 3.05) is 0 Å². The summed E-state index contributed by atoms with van der Waals surface area (Å²) >= 11 is 0. The van der Waals surface area contributed by atoms with E-state index in [0.29, 0.717) is 6.54 Å². The molecule has 0 saturated heterocycles. The van der Waals surface area contributed by atoms with E-state index in [2.05, 4.69) is 15.7 Å². The van der Waals surface area contributed by atoms with Crippen molar-refractivity contribution in [3.63, 3.8) is 0 Å². The SMILES string of the molecule is CC(C)[C@@H](NC(=O)C1CCCCC1)C(=O)NCc1ccc(Cn2cccn2)cc1. The molecule has 0 radical (unpaired) electrons. The number of hydrogen-bond acceptors (Lipinski definition) is 3. The lowest BCUT2D eigenvalue weighted by Gasteiger charge is -2.26. The summed E-state index contributed by atoms with van der Waals surface area (Å²) in [6, 6.07) is 9.54. The number of nitrogens with zero attached hydrogens (tertiary/aromatic N) is 2. The van der Waals surface area contributed by atoms with Crippen molar-refractivity contribution in [3.05, 3.63) is 53.9 Å². The molecule has 1 atom stereocenters. The van der Waals surface area contributed by atoms with Gasteiger partial charge < -0.3 is 10.6 Å². The highest BCUT2D eigenvalue weighted by atomic mass is 16.2. The Hall–Kier alpha value is -2.63. The second-order valence-electron chi connectivity index (χ2n) is 8.30. The van der Waals surface area contributed by atoms with Gasteiger partial charge >= 0.3 is 0 Å². The van der Waals surface area contributed by atoms with Crippen molar-refractivity contribution in [3.8, 4) is 0 Å². The zero-order valence-electron chi connectivity index (χ0n) is 17.4. The van der Waals surface area contributed by atoms with E-state index in [0.717, 1.165) is 43.4 Å². The van der Waals surface area contributed by atoms with E-state index < -0.39 is 6.04 Å². The van der Waals surface area contributed by atoms with Crippen molar-refractivity contribution in [1.82, 2.24) is 20.4 Å². The molecule has 2 aromatic rings. The number of carbonyl (C=O) groups excluding carboxylic acids is 2. The first-order chi connectivity index (χ1) is 14.0. The molecular formula is C23H32N4O2. The van der Waals surface area contributed by atoms with Crippen LogP contribution in [-0.4, -0.2) is 27.6 Å². The first-order valence-corrected chi connectivity index (χ1v) is 10.7. The van der Waals surface area contributed by atoms with E-state index in [-0.39, 0.29) is 23.7 Å². The quantitative estimate of drug-likeness (QED) is 0.719. The average molecular weight is 397 g/mol. The maximum absolute atomic E-state index is 12.7. The van der Waals surface area contributed by atoms with Gasteiger partial charge in [0, 0.05) is 24.9 Å². The highest BCUT2D eigenvalue weighted by Gasteiger charge is 2.28. The van der Waals surface area contributed by atoms with Crippen LogP contribution in [0.2, 0.25) is 0 Å². The fourth-order valence-corrected chi connectivity index (χ4v) is 3.81. The van der Waals surface area contributed by atoms with Crippen LogP contribution >= 0.6 is 0 Å². The summed E-state index contributed by atoms with van der Waals surface area (Å²) in [5.74, 6) is 0.00502. The maximum Gasteiger partial charge on any atom is 0.243 e. The summed E-state index contributed by atoms with van der Waals surface area (Å²) in [7, 11) is 0. The third kappa shape index (κ3) is 6.17. The Labute approximate surface area is 173 Å². The highest BCUT2D eigenvalue weighted by molar-refractivity contribution is 5.88. The Morgan fingerprint density at radius 2 is 1.79 bits per heavy atom. The molecule has 0 spiro atoms. The summed E-state index contributed by atoms with van der Waals surface area (Å²) in [5, 5.41) is 10.2. The topological polar surface area (TPSA) is 76.0 Å². The van der Waals surface area contributed by atoms with E-state index in [9.17, 15) is 9.59 Å². The van der Waals surface area contributed by atoms with Gasteiger partial charge in [0.25, 0.3) is 0 Å². The molecular weight excluding hydrogens is 364 g/mol. The molecule has 1 fully saturated rings. The van der Waals surface area contributed by atoms with Gasteiger partial charge in [0.15, 0.2) is 0 Å². The van der Waals surface area contributed by atoms with Gasteiger partial charge in [-0.05, 0) is 36.0 Å². The van der Waals surface area contributed by atoms with Crippen LogP contribution < -0.4 is 10.6 Å². The molecule has 2 amide bonds. The molecule has 1 aromatic carbocycles. The van der Waals surface area contributed by atoms with E-state index in [1.165, 1.54) is 6.42 Å². The fraction of sp³-hybridized carbons (Fsp3) is 0.522. The number of nitrogens with one attached hydrogen (secondary N) is 2. The van der Waals surface area contributed by atoms with Crippen LogP contribution in [0.5, 0.6) is 0 Å². The second-order valence-corrected chi connectivity index (χ2v) is 8.30. The zero-order chi connectivity index (χ0) is 20.6. The largest absolute Gasteiger partial charge is 0.350 e. The molecule has 6 heteroatoms. The minimum Gasteiger partial charge on any atom is -0.350 e. The third-order valence-corrected chi connectivity index (χ3v) is 5.62. The smallest absolute Gasteiger partial charge is 0.243 e. The van der Waals surface area contributed by atoms with E-state index in [1.54, 1.807) is 6.20 Å². The van der Waals surface area contributed by atoms with Gasteiger partial charge in [-0.15, -0.1) is 0 Å². The Morgan fingerprint density at radius 3 is 2.41 bits per heavy atom. The van der Waals surface area contributed by atoms with Gasteiger partial charge in [0.1, 0.15) is 6.04 Å². The van der Waals surface area contributed by atoms with Crippen LogP contribution in [0.15, 0.2) is 42.7 Å². The fourth-order valence-electron chi connectivity index (χ4n) is 3.81. The Morgan fingerprint density at radius 1 is 1.10 bits per heavy atom. The van der Waals surface area contributed by atoms with Gasteiger partial charge in [-0.1, -0.05) is 57.4 Å². The average Bonchev–Trinajstić information content (AvgIpc) is 3.24. The number of hydrogen-bond donors (Lipinski definition) is 2. The van der Waals surface area contributed by atoms with Crippen molar-refractivity contribution in [1.29, 1.82) is 0 Å². The maximum atomic E-state index is 12.7. The van der Waals surface area contributed by atoms with Crippen molar-refractivity contribution >= 4 is 11.8 Å². The van der Waals surface area contributed by atoms with Gasteiger partial charge in [-0.25, -0.2) is 0 Å². The minimum absolute atomic E-state index is 0.0292. The lowest BCUT2D eigenvalue weighted by Crippen LogP contribution is -2.51. The van der Waals surface area contributed by atoms with Crippen LogP contribution in [0.4, 0.5) is 0 Å². The lowest BCUT2D eigenvalue weighted by molar-refractivity contribution is -0.132. The van der Waals surface area contributed by atoms with Crippen LogP contribution in [-0.2, 0) is 22.7 Å². The molecule has 29 heavy (non-hydrogen) atoms. The molecule has 3 rings (SSSR count). The second kappa shape index (κ2) is 10.2. The van der Waals surface area contributed by atoms with Crippen LogP contribution in [0.1, 0.15) is 57.1 Å². The molecule has 0 aliphatic heterocycles. The molecule has 1 aliphatic carbocycles. The lowest BCUT2D eigenvalue weighted by atomic mass is 9.88. The summed E-state index contributed by atoms with van der Waals surface area (Å²) in [6.07, 6.45) is 8.98.